The van der Waals surface area contributed by atoms with Gasteiger partial charge in [-0.1, -0.05) is 13.0 Å². The van der Waals surface area contributed by atoms with E-state index < -0.39 is 0 Å². The molecule has 120 valence electrons. The molecule has 22 heavy (non-hydrogen) atoms. The molecule has 2 aliphatic rings. The molecule has 0 bridgehead atoms. The number of carbonyl (C=O) groups is 1. The van der Waals surface area contributed by atoms with Gasteiger partial charge in [-0.05, 0) is 63.2 Å². The fraction of sp³-hybridized carbons (Fsp3) is 0.667. The van der Waals surface area contributed by atoms with Gasteiger partial charge >= 0.3 is 0 Å². The molecule has 1 atom stereocenters. The Bertz CT molecular complexity index is 557. The van der Waals surface area contributed by atoms with Gasteiger partial charge in [0.1, 0.15) is 0 Å². The van der Waals surface area contributed by atoms with Crippen LogP contribution in [0.5, 0.6) is 0 Å². The minimum absolute atomic E-state index is 0.186. The highest BCUT2D eigenvalue weighted by Crippen LogP contribution is 2.29. The Kier molecular flexibility index (Phi) is 4.48. The molecule has 2 heterocycles. The van der Waals surface area contributed by atoms with Crippen LogP contribution in [0, 0.1) is 5.41 Å². The molecule has 1 fully saturated rings. The smallest absolute Gasteiger partial charge is 0.227 e. The average molecular weight is 301 g/mol. The van der Waals surface area contributed by atoms with Gasteiger partial charge in [0.25, 0.3) is 0 Å². The largest absolute Gasteiger partial charge is 0.351 e. The highest BCUT2D eigenvalue weighted by Gasteiger charge is 2.37. The summed E-state index contributed by atoms with van der Waals surface area (Å²) in [7, 11) is 0. The van der Waals surface area contributed by atoms with E-state index in [1.54, 1.807) is 0 Å². The highest BCUT2D eigenvalue weighted by molar-refractivity contribution is 5.82. The van der Waals surface area contributed by atoms with Gasteiger partial charge in [-0.25, -0.2) is 0 Å². The first-order valence-electron chi connectivity index (χ1n) is 8.58. The standard InChI is InChI=1S/C18H27N3O/c1-3-21-9-5-8-18(2,13-21)17(22)20-12-14-10-15-6-4-7-16(15)19-11-14/h10-11H,3-9,12-13H2,1-2H3,(H,20,22)/t18-/m1/s1. The van der Waals surface area contributed by atoms with Gasteiger partial charge in [0.15, 0.2) is 0 Å². The monoisotopic (exact) mass is 301 g/mol. The molecule has 1 saturated heterocycles. The molecule has 0 unspecified atom stereocenters. The predicted molar refractivity (Wildman–Crippen MR) is 87.6 cm³/mol. The lowest BCUT2D eigenvalue weighted by Gasteiger charge is -2.38. The van der Waals surface area contributed by atoms with Gasteiger partial charge in [-0.3, -0.25) is 9.78 Å². The summed E-state index contributed by atoms with van der Waals surface area (Å²) in [5.41, 5.74) is 3.49. The Balaban J connectivity index is 1.60. The fourth-order valence-corrected chi connectivity index (χ4v) is 3.77. The van der Waals surface area contributed by atoms with Gasteiger partial charge in [0.2, 0.25) is 5.91 Å². The topological polar surface area (TPSA) is 45.2 Å². The third-order valence-electron chi connectivity index (χ3n) is 5.20. The number of rotatable bonds is 4. The van der Waals surface area contributed by atoms with Gasteiger partial charge in [0.05, 0.1) is 5.41 Å². The maximum absolute atomic E-state index is 12.6. The fourth-order valence-electron chi connectivity index (χ4n) is 3.77. The number of likely N-dealkylation sites (tertiary alicyclic amines) is 1. The number of fused-ring (bicyclic) bond motifs is 1. The number of nitrogens with one attached hydrogen (secondary N) is 1. The lowest BCUT2D eigenvalue weighted by atomic mass is 9.81. The van der Waals surface area contributed by atoms with Crippen molar-refractivity contribution < 1.29 is 4.79 Å². The zero-order valence-corrected chi connectivity index (χ0v) is 13.8. The Labute approximate surface area is 133 Å². The predicted octanol–water partition coefficient (Wildman–Crippen LogP) is 2.31. The van der Waals surface area contributed by atoms with E-state index >= 15 is 0 Å². The maximum atomic E-state index is 12.6. The van der Waals surface area contributed by atoms with Crippen molar-refractivity contribution in [2.45, 2.75) is 52.5 Å². The Morgan fingerprint density at radius 2 is 2.27 bits per heavy atom. The Morgan fingerprint density at radius 1 is 1.41 bits per heavy atom. The first kappa shape index (κ1) is 15.5. The van der Waals surface area contributed by atoms with Crippen LogP contribution < -0.4 is 5.32 Å². The maximum Gasteiger partial charge on any atom is 0.227 e. The van der Waals surface area contributed by atoms with Crippen LogP contribution in [0.4, 0.5) is 0 Å². The summed E-state index contributed by atoms with van der Waals surface area (Å²) >= 11 is 0. The molecular formula is C18H27N3O. The molecule has 3 rings (SSSR count). The minimum Gasteiger partial charge on any atom is -0.351 e. The zero-order valence-electron chi connectivity index (χ0n) is 13.8. The van der Waals surface area contributed by atoms with Crippen LogP contribution in [0.1, 0.15) is 49.9 Å². The van der Waals surface area contributed by atoms with Crippen molar-refractivity contribution in [2.75, 3.05) is 19.6 Å². The van der Waals surface area contributed by atoms with E-state index in [0.29, 0.717) is 6.54 Å². The van der Waals surface area contributed by atoms with Crippen LogP contribution in [-0.2, 0) is 24.2 Å². The first-order valence-corrected chi connectivity index (χ1v) is 8.58. The number of pyridine rings is 1. The summed E-state index contributed by atoms with van der Waals surface area (Å²) in [6, 6.07) is 2.22. The van der Waals surface area contributed by atoms with Crippen molar-refractivity contribution in [3.05, 3.63) is 29.1 Å². The molecule has 1 aliphatic carbocycles. The van der Waals surface area contributed by atoms with Gasteiger partial charge in [-0.15, -0.1) is 0 Å². The van der Waals surface area contributed by atoms with E-state index in [0.717, 1.165) is 50.9 Å². The van der Waals surface area contributed by atoms with E-state index in [-0.39, 0.29) is 11.3 Å². The zero-order chi connectivity index (χ0) is 15.6. The summed E-state index contributed by atoms with van der Waals surface area (Å²) in [5, 5.41) is 3.14. The second kappa shape index (κ2) is 6.37. The van der Waals surface area contributed by atoms with Gasteiger partial charge < -0.3 is 10.2 Å². The second-order valence-electron chi connectivity index (χ2n) is 7.02. The summed E-state index contributed by atoms with van der Waals surface area (Å²) in [4.78, 5) is 19.5. The summed E-state index contributed by atoms with van der Waals surface area (Å²) in [6.07, 6.45) is 7.46. The molecular weight excluding hydrogens is 274 g/mol. The number of aryl methyl sites for hydroxylation is 2. The third kappa shape index (κ3) is 3.17. The Morgan fingerprint density at radius 3 is 3.09 bits per heavy atom. The van der Waals surface area contributed by atoms with Crippen molar-refractivity contribution in [2.24, 2.45) is 5.41 Å². The van der Waals surface area contributed by atoms with Crippen LogP contribution in [0.25, 0.3) is 0 Å². The van der Waals surface area contributed by atoms with E-state index in [2.05, 4.69) is 35.1 Å². The lowest BCUT2D eigenvalue weighted by Crippen LogP contribution is -2.50. The summed E-state index contributed by atoms with van der Waals surface area (Å²) < 4.78 is 0. The highest BCUT2D eigenvalue weighted by atomic mass is 16.2. The van der Waals surface area contributed by atoms with Crippen LogP contribution in [-0.4, -0.2) is 35.4 Å². The SMILES string of the molecule is CCN1CCC[C@@](C)(C(=O)NCc2cnc3c(c2)CCC3)C1. The molecule has 1 N–H and O–H groups in total. The van der Waals surface area contributed by atoms with Crippen molar-refractivity contribution in [3.8, 4) is 0 Å². The summed E-state index contributed by atoms with van der Waals surface area (Å²) in [5.74, 6) is 0.186. The van der Waals surface area contributed by atoms with Crippen LogP contribution >= 0.6 is 0 Å². The van der Waals surface area contributed by atoms with Crippen LogP contribution in [0.3, 0.4) is 0 Å². The van der Waals surface area contributed by atoms with E-state index in [1.165, 1.54) is 17.7 Å². The van der Waals surface area contributed by atoms with E-state index in [9.17, 15) is 4.79 Å². The number of nitrogens with zero attached hydrogens (tertiary/aromatic N) is 2. The number of amides is 1. The quantitative estimate of drug-likeness (QED) is 0.928. The van der Waals surface area contributed by atoms with Gasteiger partial charge in [0, 0.05) is 25.0 Å². The third-order valence-corrected chi connectivity index (χ3v) is 5.20. The minimum atomic E-state index is -0.252. The molecule has 1 aromatic heterocycles. The number of hydrogen-bond donors (Lipinski definition) is 1. The molecule has 0 saturated carbocycles. The van der Waals surface area contributed by atoms with Crippen molar-refractivity contribution in [3.63, 3.8) is 0 Å². The number of hydrogen-bond acceptors (Lipinski definition) is 3. The number of aromatic nitrogens is 1. The second-order valence-corrected chi connectivity index (χ2v) is 7.02. The van der Waals surface area contributed by atoms with E-state index in [4.69, 9.17) is 0 Å². The molecule has 0 radical (unpaired) electrons. The molecule has 1 aromatic rings. The van der Waals surface area contributed by atoms with E-state index in [1.807, 2.05) is 6.20 Å². The van der Waals surface area contributed by atoms with Gasteiger partial charge in [-0.2, -0.15) is 0 Å². The molecule has 4 heteroatoms. The number of carbonyl (C=O) groups excluding carboxylic acids is 1. The van der Waals surface area contributed by atoms with Crippen molar-refractivity contribution in [1.82, 2.24) is 15.2 Å². The lowest BCUT2D eigenvalue weighted by molar-refractivity contribution is -0.133. The summed E-state index contributed by atoms with van der Waals surface area (Å²) in [6.45, 7) is 7.88. The normalized spacial score (nSPS) is 25.0. The first-order chi connectivity index (χ1) is 10.6. The molecule has 1 aliphatic heterocycles. The number of piperidine rings is 1. The molecule has 4 nitrogen and oxygen atoms in total. The van der Waals surface area contributed by atoms with Crippen molar-refractivity contribution >= 4 is 5.91 Å². The molecule has 1 amide bonds. The van der Waals surface area contributed by atoms with Crippen LogP contribution in [0.2, 0.25) is 0 Å². The van der Waals surface area contributed by atoms with Crippen molar-refractivity contribution in [1.29, 1.82) is 0 Å². The molecule has 0 spiro atoms. The average Bonchev–Trinajstić information content (AvgIpc) is 3.00. The molecule has 0 aromatic carbocycles. The Hall–Kier alpha value is -1.42. The van der Waals surface area contributed by atoms with Crippen LogP contribution in [0.15, 0.2) is 12.3 Å².